The van der Waals surface area contributed by atoms with E-state index < -0.39 is 0 Å². The number of H-pyrrole nitrogens is 1. The summed E-state index contributed by atoms with van der Waals surface area (Å²) in [7, 11) is 0. The molecule has 0 aromatic carbocycles. The summed E-state index contributed by atoms with van der Waals surface area (Å²) in [4.78, 5) is 32.3. The Morgan fingerprint density at radius 3 is 2.65 bits per heavy atom. The van der Waals surface area contributed by atoms with Gasteiger partial charge < -0.3 is 20.9 Å². The van der Waals surface area contributed by atoms with E-state index in [1.54, 1.807) is 4.90 Å². The first-order valence-electron chi connectivity index (χ1n) is 8.12. The number of carbonyl (C=O) groups excluding carboxylic acids is 2. The summed E-state index contributed by atoms with van der Waals surface area (Å²) in [5, 5.41) is 9.14. The number of piperidine rings is 1. The van der Waals surface area contributed by atoms with Crippen molar-refractivity contribution in [2.45, 2.75) is 32.2 Å². The number of hydrogen-bond acceptors (Lipinski definition) is 5. The molecular weight excluding hydrogens is 298 g/mol. The van der Waals surface area contributed by atoms with Gasteiger partial charge in [-0.3, -0.25) is 9.89 Å². The zero-order valence-corrected chi connectivity index (χ0v) is 13.1. The Labute approximate surface area is 134 Å². The van der Waals surface area contributed by atoms with Gasteiger partial charge in [0.25, 0.3) is 0 Å². The smallest absolute Gasteiger partial charge is 0.317 e. The molecule has 3 heterocycles. The molecule has 0 saturated carbocycles. The van der Waals surface area contributed by atoms with E-state index in [1.807, 2.05) is 4.90 Å². The Hall–Kier alpha value is -2.32. The Kier molecular flexibility index (Phi) is 4.63. The zero-order chi connectivity index (χ0) is 16.2. The fourth-order valence-electron chi connectivity index (χ4n) is 3.22. The lowest BCUT2D eigenvalue weighted by Gasteiger charge is -2.33. The van der Waals surface area contributed by atoms with Crippen molar-refractivity contribution in [3.63, 3.8) is 0 Å². The number of hydrogen-bond donors (Lipinski definition) is 3. The highest BCUT2D eigenvalue weighted by Crippen LogP contribution is 2.21. The average molecular weight is 321 g/mol. The van der Waals surface area contributed by atoms with E-state index in [0.29, 0.717) is 18.9 Å². The summed E-state index contributed by atoms with van der Waals surface area (Å²) >= 11 is 0. The van der Waals surface area contributed by atoms with Crippen molar-refractivity contribution in [1.82, 2.24) is 30.3 Å². The Balaban J connectivity index is 1.50. The molecule has 1 unspecified atom stereocenters. The van der Waals surface area contributed by atoms with Gasteiger partial charge in [-0.15, -0.1) is 5.10 Å². The van der Waals surface area contributed by atoms with Crippen molar-refractivity contribution in [3.8, 4) is 0 Å². The number of amides is 3. The van der Waals surface area contributed by atoms with Gasteiger partial charge in [-0.25, -0.2) is 4.79 Å². The molecule has 4 N–H and O–H groups in total. The predicted octanol–water partition coefficient (Wildman–Crippen LogP) is -0.0691. The number of anilines is 1. The quantitative estimate of drug-likeness (QED) is 0.720. The normalized spacial score (nSPS) is 21.5. The van der Waals surface area contributed by atoms with E-state index in [9.17, 15) is 9.59 Å². The van der Waals surface area contributed by atoms with Crippen LogP contribution in [0.15, 0.2) is 0 Å². The number of carbonyl (C=O) groups is 2. The van der Waals surface area contributed by atoms with Crippen LogP contribution in [0.5, 0.6) is 0 Å². The second-order valence-electron chi connectivity index (χ2n) is 6.12. The number of nitrogens with two attached hydrogens (primary N) is 1. The molecule has 2 aliphatic heterocycles. The summed E-state index contributed by atoms with van der Waals surface area (Å²) in [6.07, 6.45) is 3.89. The van der Waals surface area contributed by atoms with E-state index >= 15 is 0 Å². The van der Waals surface area contributed by atoms with Crippen molar-refractivity contribution in [2.75, 3.05) is 31.9 Å². The van der Waals surface area contributed by atoms with Crippen LogP contribution in [0.2, 0.25) is 0 Å². The van der Waals surface area contributed by atoms with Crippen molar-refractivity contribution >= 4 is 17.9 Å². The third-order valence-electron chi connectivity index (χ3n) is 4.43. The van der Waals surface area contributed by atoms with Crippen molar-refractivity contribution in [2.24, 2.45) is 5.92 Å². The highest BCUT2D eigenvalue weighted by molar-refractivity contribution is 5.81. The highest BCUT2D eigenvalue weighted by atomic mass is 16.2. The fraction of sp³-hybridized carbons (Fsp3) is 0.714. The summed E-state index contributed by atoms with van der Waals surface area (Å²) in [5.74, 6) is 0.789. The lowest BCUT2D eigenvalue weighted by molar-refractivity contribution is -0.135. The average Bonchev–Trinajstić information content (AvgIpc) is 3.23. The first-order valence-corrected chi connectivity index (χ1v) is 8.12. The van der Waals surface area contributed by atoms with Crippen LogP contribution in [0, 0.1) is 5.92 Å². The highest BCUT2D eigenvalue weighted by Gasteiger charge is 2.32. The Morgan fingerprint density at radius 2 is 1.96 bits per heavy atom. The van der Waals surface area contributed by atoms with Gasteiger partial charge in [0.15, 0.2) is 0 Å². The van der Waals surface area contributed by atoms with Gasteiger partial charge in [0.05, 0.1) is 12.5 Å². The molecule has 2 fully saturated rings. The van der Waals surface area contributed by atoms with E-state index in [4.69, 9.17) is 5.73 Å². The van der Waals surface area contributed by atoms with E-state index in [2.05, 4.69) is 20.5 Å². The number of likely N-dealkylation sites (tertiary alicyclic amines) is 2. The maximum atomic E-state index is 12.5. The molecule has 9 heteroatoms. The molecule has 9 nitrogen and oxygen atoms in total. The maximum Gasteiger partial charge on any atom is 0.317 e. The molecule has 23 heavy (non-hydrogen) atoms. The van der Waals surface area contributed by atoms with Gasteiger partial charge in [-0.1, -0.05) is 0 Å². The fourth-order valence-corrected chi connectivity index (χ4v) is 3.22. The summed E-state index contributed by atoms with van der Waals surface area (Å²) < 4.78 is 0. The molecule has 0 aliphatic carbocycles. The molecule has 126 valence electrons. The van der Waals surface area contributed by atoms with Gasteiger partial charge >= 0.3 is 6.03 Å². The standard InChI is InChI=1S/C14H23N7O2/c15-13-17-11(18-19-13)8-16-14(23)21-7-3-4-10(9-21)12(22)20-5-1-2-6-20/h10H,1-9H2,(H,16,23)(H3,15,17,18,19). The second kappa shape index (κ2) is 6.84. The van der Waals surface area contributed by atoms with Crippen molar-refractivity contribution < 1.29 is 9.59 Å². The van der Waals surface area contributed by atoms with Crippen LogP contribution >= 0.6 is 0 Å². The van der Waals surface area contributed by atoms with Crippen LogP contribution in [0.4, 0.5) is 10.7 Å². The molecule has 2 saturated heterocycles. The Bertz CT molecular complexity index is 567. The van der Waals surface area contributed by atoms with Gasteiger partial charge in [0, 0.05) is 26.2 Å². The minimum absolute atomic E-state index is 0.0754. The molecule has 3 amide bonds. The largest absolute Gasteiger partial charge is 0.367 e. The molecular formula is C14H23N7O2. The van der Waals surface area contributed by atoms with Crippen LogP contribution in [0.1, 0.15) is 31.5 Å². The second-order valence-corrected chi connectivity index (χ2v) is 6.12. The number of nitrogens with zero attached hydrogens (tertiary/aromatic N) is 4. The van der Waals surface area contributed by atoms with Crippen LogP contribution in [-0.4, -0.2) is 63.1 Å². The van der Waals surface area contributed by atoms with Crippen molar-refractivity contribution in [1.29, 1.82) is 0 Å². The van der Waals surface area contributed by atoms with Crippen LogP contribution in [0.25, 0.3) is 0 Å². The SMILES string of the molecule is Nc1n[nH]c(CNC(=O)N2CCCC(C(=O)N3CCCC3)C2)n1. The van der Waals surface area contributed by atoms with Gasteiger partial charge in [0.2, 0.25) is 11.9 Å². The summed E-state index contributed by atoms with van der Waals surface area (Å²) in [6, 6.07) is -0.182. The number of nitrogen functional groups attached to an aromatic ring is 1. The monoisotopic (exact) mass is 321 g/mol. The maximum absolute atomic E-state index is 12.5. The number of nitrogens with one attached hydrogen (secondary N) is 2. The minimum atomic E-state index is -0.182. The summed E-state index contributed by atoms with van der Waals surface area (Å²) in [6.45, 7) is 3.11. The zero-order valence-electron chi connectivity index (χ0n) is 13.1. The van der Waals surface area contributed by atoms with Crippen molar-refractivity contribution in [3.05, 3.63) is 5.82 Å². The third-order valence-corrected chi connectivity index (χ3v) is 4.43. The van der Waals surface area contributed by atoms with Crippen LogP contribution in [0.3, 0.4) is 0 Å². The topological polar surface area (TPSA) is 120 Å². The third kappa shape index (κ3) is 3.72. The lowest BCUT2D eigenvalue weighted by atomic mass is 9.97. The molecule has 0 radical (unpaired) electrons. The number of aromatic amines is 1. The molecule has 1 atom stereocenters. The molecule has 0 spiro atoms. The predicted molar refractivity (Wildman–Crippen MR) is 83.1 cm³/mol. The molecule has 1 aromatic heterocycles. The first kappa shape index (κ1) is 15.6. The van der Waals surface area contributed by atoms with E-state index in [1.165, 1.54) is 0 Å². The molecule has 0 bridgehead atoms. The van der Waals surface area contributed by atoms with E-state index in [-0.39, 0.29) is 30.3 Å². The van der Waals surface area contributed by atoms with Gasteiger partial charge in [0.1, 0.15) is 5.82 Å². The lowest BCUT2D eigenvalue weighted by Crippen LogP contribution is -2.49. The van der Waals surface area contributed by atoms with Crippen LogP contribution < -0.4 is 11.1 Å². The number of urea groups is 1. The Morgan fingerprint density at radius 1 is 1.22 bits per heavy atom. The number of rotatable bonds is 3. The minimum Gasteiger partial charge on any atom is -0.367 e. The van der Waals surface area contributed by atoms with Crippen LogP contribution in [-0.2, 0) is 11.3 Å². The number of aromatic nitrogens is 3. The molecule has 2 aliphatic rings. The van der Waals surface area contributed by atoms with Gasteiger partial charge in [-0.05, 0) is 25.7 Å². The summed E-state index contributed by atoms with van der Waals surface area (Å²) in [5.41, 5.74) is 5.42. The molecule has 1 aromatic rings. The first-order chi connectivity index (χ1) is 11.1. The van der Waals surface area contributed by atoms with E-state index in [0.717, 1.165) is 38.8 Å². The van der Waals surface area contributed by atoms with Gasteiger partial charge in [-0.2, -0.15) is 4.98 Å². The molecule has 3 rings (SSSR count).